The predicted octanol–water partition coefficient (Wildman–Crippen LogP) is 1.86. The number of alkyl halides is 2. The van der Waals surface area contributed by atoms with Crippen LogP contribution in [0, 0.1) is 10.1 Å². The molecule has 1 aromatic heterocycles. The molecule has 0 N–H and O–H groups in total. The molecule has 18 heavy (non-hydrogen) atoms. The van der Waals surface area contributed by atoms with E-state index >= 15 is 0 Å². The van der Waals surface area contributed by atoms with Crippen molar-refractivity contribution in [3.63, 3.8) is 0 Å². The van der Waals surface area contributed by atoms with E-state index in [1.807, 2.05) is 0 Å². The third kappa shape index (κ3) is 2.64. The van der Waals surface area contributed by atoms with Crippen molar-refractivity contribution in [1.82, 2.24) is 4.98 Å². The van der Waals surface area contributed by atoms with Crippen LogP contribution >= 0.6 is 10.7 Å². The summed E-state index contributed by atoms with van der Waals surface area (Å²) in [6.07, 6.45) is -2.69. The molecule has 0 saturated carbocycles. The molecule has 0 aromatic carbocycles. The van der Waals surface area contributed by atoms with Crippen molar-refractivity contribution in [2.75, 3.05) is 7.11 Å². The maximum absolute atomic E-state index is 12.8. The van der Waals surface area contributed by atoms with Gasteiger partial charge in [0.15, 0.2) is 5.75 Å². The Hall–Kier alpha value is -1.55. The van der Waals surface area contributed by atoms with E-state index in [0.29, 0.717) is 6.20 Å². The van der Waals surface area contributed by atoms with Gasteiger partial charge in [0.25, 0.3) is 15.5 Å². The lowest BCUT2D eigenvalue weighted by Gasteiger charge is -2.09. The summed E-state index contributed by atoms with van der Waals surface area (Å²) in [6.45, 7) is 0. The summed E-state index contributed by atoms with van der Waals surface area (Å²) in [5.74, 6) is -0.597. The molecule has 11 heteroatoms. The molecule has 1 aromatic rings. The van der Waals surface area contributed by atoms with Crippen LogP contribution in [0.2, 0.25) is 0 Å². The molecule has 0 radical (unpaired) electrons. The summed E-state index contributed by atoms with van der Waals surface area (Å²) in [7, 11) is 1.26. The first-order chi connectivity index (χ1) is 8.20. The number of methoxy groups -OCH3 is 1. The van der Waals surface area contributed by atoms with Gasteiger partial charge in [-0.2, -0.15) is 0 Å². The number of hydrogen-bond donors (Lipinski definition) is 0. The van der Waals surface area contributed by atoms with Gasteiger partial charge in [0.1, 0.15) is 5.56 Å². The Labute approximate surface area is 104 Å². The predicted molar refractivity (Wildman–Crippen MR) is 55.4 cm³/mol. The summed E-state index contributed by atoms with van der Waals surface area (Å²) in [5, 5.41) is 9.47. The summed E-state index contributed by atoms with van der Waals surface area (Å²) in [4.78, 5) is 12.6. The maximum Gasteiger partial charge on any atom is 0.320 e. The summed E-state index contributed by atoms with van der Waals surface area (Å²) < 4.78 is 52.1. The lowest BCUT2D eigenvalue weighted by molar-refractivity contribution is -0.389. The molecule has 0 saturated heterocycles. The van der Waals surface area contributed by atoms with Crippen LogP contribution in [-0.4, -0.2) is 25.4 Å². The van der Waals surface area contributed by atoms with E-state index in [0.717, 1.165) is 7.11 Å². The molecule has 0 aliphatic rings. The Bertz CT molecular complexity index is 592. The molecule has 0 unspecified atom stereocenters. The Balaban J connectivity index is 3.80. The lowest BCUT2D eigenvalue weighted by Crippen LogP contribution is -2.07. The quantitative estimate of drug-likeness (QED) is 0.478. The normalized spacial score (nSPS) is 11.6. The van der Waals surface area contributed by atoms with Crippen LogP contribution in [-0.2, 0) is 9.05 Å². The topological polar surface area (TPSA) is 99.4 Å². The average molecular weight is 303 g/mol. The maximum atomic E-state index is 12.8. The highest BCUT2D eigenvalue weighted by molar-refractivity contribution is 8.13. The first-order valence-electron chi connectivity index (χ1n) is 4.14. The molecule has 0 spiro atoms. The SMILES string of the molecule is COc1cnc(S(=O)(=O)Cl)c([N+](=O)[O-])c1C(F)F. The first kappa shape index (κ1) is 14.5. The van der Waals surface area contributed by atoms with Gasteiger partial charge >= 0.3 is 5.69 Å². The van der Waals surface area contributed by atoms with Gasteiger partial charge in [0.2, 0.25) is 5.03 Å². The summed E-state index contributed by atoms with van der Waals surface area (Å²) >= 11 is 0. The van der Waals surface area contributed by atoms with Crippen molar-refractivity contribution in [2.45, 2.75) is 11.5 Å². The largest absolute Gasteiger partial charge is 0.494 e. The first-order valence-corrected chi connectivity index (χ1v) is 6.45. The monoisotopic (exact) mass is 302 g/mol. The number of nitrogens with zero attached hydrogens (tertiary/aromatic N) is 2. The Morgan fingerprint density at radius 2 is 2.11 bits per heavy atom. The van der Waals surface area contributed by atoms with Crippen molar-refractivity contribution < 1.29 is 26.9 Å². The van der Waals surface area contributed by atoms with Gasteiger partial charge < -0.3 is 4.74 Å². The van der Waals surface area contributed by atoms with Crippen LogP contribution in [0.4, 0.5) is 14.5 Å². The second-order valence-corrected chi connectivity index (χ2v) is 5.37. The zero-order valence-corrected chi connectivity index (χ0v) is 10.2. The fourth-order valence-corrected chi connectivity index (χ4v) is 2.14. The van der Waals surface area contributed by atoms with E-state index in [2.05, 4.69) is 9.72 Å². The molecule has 1 rings (SSSR count). The number of rotatable bonds is 4. The fraction of sp³-hybridized carbons (Fsp3) is 0.286. The van der Waals surface area contributed by atoms with Crippen LogP contribution < -0.4 is 4.74 Å². The van der Waals surface area contributed by atoms with Gasteiger partial charge in [-0.25, -0.2) is 22.2 Å². The highest BCUT2D eigenvalue weighted by Crippen LogP contribution is 2.40. The Kier molecular flexibility index (Phi) is 4.02. The lowest BCUT2D eigenvalue weighted by atomic mass is 10.2. The van der Waals surface area contributed by atoms with Crippen LogP contribution in [0.5, 0.6) is 5.75 Å². The Morgan fingerprint density at radius 1 is 1.56 bits per heavy atom. The van der Waals surface area contributed by atoms with Crippen molar-refractivity contribution in [3.8, 4) is 5.75 Å². The molecule has 0 atom stereocenters. The second kappa shape index (κ2) is 4.98. The minimum absolute atomic E-state index is 0.597. The van der Waals surface area contributed by atoms with E-state index in [9.17, 15) is 27.3 Å². The van der Waals surface area contributed by atoms with Crippen molar-refractivity contribution in [3.05, 3.63) is 21.9 Å². The third-order valence-electron chi connectivity index (χ3n) is 1.87. The highest BCUT2D eigenvalue weighted by atomic mass is 35.7. The number of nitro groups is 1. The molecule has 1 heterocycles. The fourth-order valence-electron chi connectivity index (χ4n) is 1.21. The van der Waals surface area contributed by atoms with Crippen LogP contribution in [0.25, 0.3) is 0 Å². The minimum Gasteiger partial charge on any atom is -0.494 e. The van der Waals surface area contributed by atoms with Crippen molar-refractivity contribution in [2.24, 2.45) is 0 Å². The standard InChI is InChI=1S/C7H5ClF2N2O5S/c1-17-3-2-11-7(18(8,15)16)5(12(13)14)4(3)6(9)10/h2,6H,1H3. The van der Waals surface area contributed by atoms with E-state index < -0.39 is 42.4 Å². The molecule has 0 amide bonds. The summed E-state index contributed by atoms with van der Waals surface area (Å²) in [5.41, 5.74) is -2.57. The third-order valence-corrected chi connectivity index (χ3v) is 3.07. The zero-order valence-electron chi connectivity index (χ0n) is 8.63. The van der Waals surface area contributed by atoms with Gasteiger partial charge in [0, 0.05) is 10.7 Å². The number of ether oxygens (including phenoxy) is 1. The smallest absolute Gasteiger partial charge is 0.320 e. The molecular formula is C7H5ClF2N2O5S. The van der Waals surface area contributed by atoms with Crippen molar-refractivity contribution in [1.29, 1.82) is 0 Å². The number of pyridine rings is 1. The van der Waals surface area contributed by atoms with Gasteiger partial charge in [-0.3, -0.25) is 10.1 Å². The molecule has 0 aliphatic heterocycles. The van der Waals surface area contributed by atoms with Gasteiger partial charge in [-0.1, -0.05) is 0 Å². The van der Waals surface area contributed by atoms with Gasteiger partial charge in [0.05, 0.1) is 18.2 Å². The van der Waals surface area contributed by atoms with E-state index in [1.165, 1.54) is 0 Å². The average Bonchev–Trinajstić information content (AvgIpc) is 2.25. The van der Waals surface area contributed by atoms with Crippen molar-refractivity contribution >= 4 is 25.4 Å². The number of halogens is 3. The Morgan fingerprint density at radius 3 is 2.44 bits per heavy atom. The van der Waals surface area contributed by atoms with Crippen LogP contribution in [0.3, 0.4) is 0 Å². The molecule has 0 fully saturated rings. The van der Waals surface area contributed by atoms with Crippen LogP contribution in [0.15, 0.2) is 11.2 Å². The minimum atomic E-state index is -4.63. The van der Waals surface area contributed by atoms with E-state index in [1.54, 1.807) is 0 Å². The summed E-state index contributed by atoms with van der Waals surface area (Å²) in [6, 6.07) is 0. The zero-order chi connectivity index (χ0) is 14.1. The van der Waals surface area contributed by atoms with Gasteiger partial charge in [-0.15, -0.1) is 0 Å². The second-order valence-electron chi connectivity index (χ2n) is 2.89. The van der Waals surface area contributed by atoms with E-state index in [-0.39, 0.29) is 0 Å². The van der Waals surface area contributed by atoms with Gasteiger partial charge in [-0.05, 0) is 0 Å². The molecule has 100 valence electrons. The molecule has 0 aliphatic carbocycles. The number of aromatic nitrogens is 1. The van der Waals surface area contributed by atoms with Crippen LogP contribution in [0.1, 0.15) is 12.0 Å². The number of hydrogen-bond acceptors (Lipinski definition) is 6. The molecule has 7 nitrogen and oxygen atoms in total. The van der Waals surface area contributed by atoms with E-state index in [4.69, 9.17) is 10.7 Å². The highest BCUT2D eigenvalue weighted by Gasteiger charge is 2.36. The molecular weight excluding hydrogens is 298 g/mol. The molecule has 0 bridgehead atoms.